The highest BCUT2D eigenvalue weighted by Gasteiger charge is 2.17. The maximum Gasteiger partial charge on any atom is 0.270 e. The number of rotatable bonds is 5. The van der Waals surface area contributed by atoms with E-state index in [1.165, 1.54) is 32.0 Å². The molecule has 7 heteroatoms. The molecule has 1 aromatic heterocycles. The van der Waals surface area contributed by atoms with Gasteiger partial charge >= 0.3 is 0 Å². The predicted molar refractivity (Wildman–Crippen MR) is 101 cm³/mol. The van der Waals surface area contributed by atoms with Gasteiger partial charge < -0.3 is 20.1 Å². The van der Waals surface area contributed by atoms with Crippen molar-refractivity contribution < 1.29 is 14.3 Å². The molecule has 0 spiro atoms. The second-order valence-electron chi connectivity index (χ2n) is 6.99. The fourth-order valence-electron chi connectivity index (χ4n) is 3.50. The minimum Gasteiger partial charge on any atom is -0.454 e. The summed E-state index contributed by atoms with van der Waals surface area (Å²) < 4.78 is 10.7. The summed E-state index contributed by atoms with van der Waals surface area (Å²) >= 11 is 0. The van der Waals surface area contributed by atoms with Crippen molar-refractivity contribution in [3.63, 3.8) is 0 Å². The Balaban J connectivity index is 1.36. The summed E-state index contributed by atoms with van der Waals surface area (Å²) in [5, 5.41) is 6.35. The highest BCUT2D eigenvalue weighted by Crippen LogP contribution is 2.32. The van der Waals surface area contributed by atoms with Gasteiger partial charge in [0.2, 0.25) is 6.79 Å². The Morgan fingerprint density at radius 1 is 1.04 bits per heavy atom. The number of benzene rings is 1. The monoisotopic (exact) mass is 368 g/mol. The maximum absolute atomic E-state index is 12.5. The quantitative estimate of drug-likeness (QED) is 0.788. The molecular weight excluding hydrogens is 344 g/mol. The van der Waals surface area contributed by atoms with Gasteiger partial charge in [-0.15, -0.1) is 0 Å². The predicted octanol–water partition coefficient (Wildman–Crippen LogP) is 3.27. The zero-order chi connectivity index (χ0) is 18.5. The molecule has 0 unspecified atom stereocenters. The number of hydrogen-bond acceptors (Lipinski definition) is 6. The molecule has 1 amide bonds. The minimum absolute atomic E-state index is 0.129. The number of nitrogens with one attached hydrogen (secondary N) is 2. The minimum atomic E-state index is -0.129. The molecule has 0 atom stereocenters. The Bertz CT molecular complexity index is 804. The topological polar surface area (TPSA) is 85.4 Å². The zero-order valence-electron chi connectivity index (χ0n) is 15.2. The fraction of sp³-hybridized carbons (Fsp3) is 0.450. The molecule has 4 rings (SSSR count). The van der Waals surface area contributed by atoms with E-state index in [0.717, 1.165) is 29.9 Å². The van der Waals surface area contributed by atoms with Gasteiger partial charge in [-0.25, -0.2) is 9.97 Å². The van der Waals surface area contributed by atoms with Crippen LogP contribution in [0.5, 0.6) is 11.5 Å². The summed E-state index contributed by atoms with van der Waals surface area (Å²) in [4.78, 5) is 20.9. The number of hydrogen-bond donors (Lipinski definition) is 2. The van der Waals surface area contributed by atoms with Crippen LogP contribution >= 0.6 is 0 Å². The molecule has 1 fully saturated rings. The van der Waals surface area contributed by atoms with E-state index in [9.17, 15) is 4.79 Å². The zero-order valence-corrected chi connectivity index (χ0v) is 15.2. The Labute approximate surface area is 158 Å². The number of fused-ring (bicyclic) bond motifs is 1. The molecule has 2 N–H and O–H groups in total. The summed E-state index contributed by atoms with van der Waals surface area (Å²) in [6, 6.07) is 7.75. The number of nitrogens with zero attached hydrogens (tertiary/aromatic N) is 2. The van der Waals surface area contributed by atoms with E-state index in [4.69, 9.17) is 9.47 Å². The normalized spacial score (nSPS) is 16.6. The molecule has 0 radical (unpaired) electrons. The molecule has 27 heavy (non-hydrogen) atoms. The highest BCUT2D eigenvalue weighted by atomic mass is 16.7. The summed E-state index contributed by atoms with van der Waals surface area (Å²) in [5.41, 5.74) is 1.43. The Kier molecular flexibility index (Phi) is 5.37. The molecule has 2 aromatic rings. The lowest BCUT2D eigenvalue weighted by Gasteiger charge is -2.16. The van der Waals surface area contributed by atoms with Gasteiger partial charge in [-0.05, 0) is 30.5 Å². The van der Waals surface area contributed by atoms with Gasteiger partial charge in [-0.1, -0.05) is 31.7 Å². The van der Waals surface area contributed by atoms with Crippen molar-refractivity contribution in [2.45, 2.75) is 51.1 Å². The van der Waals surface area contributed by atoms with Crippen molar-refractivity contribution in [2.24, 2.45) is 0 Å². The lowest BCUT2D eigenvalue weighted by Crippen LogP contribution is -2.34. The highest BCUT2D eigenvalue weighted by molar-refractivity contribution is 5.93. The summed E-state index contributed by atoms with van der Waals surface area (Å²) in [6.07, 6.45) is 8.39. The van der Waals surface area contributed by atoms with Crippen LogP contribution in [0.15, 0.2) is 30.6 Å². The fourth-order valence-corrected chi connectivity index (χ4v) is 3.50. The second-order valence-corrected chi connectivity index (χ2v) is 6.99. The number of ether oxygens (including phenoxy) is 2. The van der Waals surface area contributed by atoms with Crippen LogP contribution in [0.3, 0.4) is 0 Å². The third-order valence-electron chi connectivity index (χ3n) is 5.00. The van der Waals surface area contributed by atoms with E-state index in [0.29, 0.717) is 18.1 Å². The second kappa shape index (κ2) is 8.24. The van der Waals surface area contributed by atoms with E-state index in [2.05, 4.69) is 20.6 Å². The van der Waals surface area contributed by atoms with Crippen LogP contribution in [-0.4, -0.2) is 28.7 Å². The van der Waals surface area contributed by atoms with Crippen molar-refractivity contribution in [2.75, 3.05) is 12.1 Å². The van der Waals surface area contributed by atoms with E-state index >= 15 is 0 Å². The van der Waals surface area contributed by atoms with Gasteiger partial charge in [0.25, 0.3) is 5.91 Å². The van der Waals surface area contributed by atoms with Gasteiger partial charge in [0.05, 0.1) is 0 Å². The molecule has 142 valence electrons. The smallest absolute Gasteiger partial charge is 0.270 e. The first kappa shape index (κ1) is 17.6. The van der Waals surface area contributed by atoms with Gasteiger partial charge in [-0.2, -0.15) is 0 Å². The van der Waals surface area contributed by atoms with Crippen LogP contribution in [0, 0.1) is 0 Å². The maximum atomic E-state index is 12.5. The molecule has 1 aliphatic heterocycles. The number of aromatic nitrogens is 2. The first-order valence-electron chi connectivity index (χ1n) is 9.53. The van der Waals surface area contributed by atoms with Gasteiger partial charge in [0, 0.05) is 18.7 Å². The van der Waals surface area contributed by atoms with Crippen LogP contribution in [0.4, 0.5) is 5.82 Å². The number of amides is 1. The lowest BCUT2D eigenvalue weighted by molar-refractivity contribution is 0.0928. The van der Waals surface area contributed by atoms with Crippen LogP contribution in [0.2, 0.25) is 0 Å². The van der Waals surface area contributed by atoms with Crippen molar-refractivity contribution >= 4 is 11.7 Å². The van der Waals surface area contributed by atoms with Crippen molar-refractivity contribution in [3.05, 3.63) is 41.9 Å². The van der Waals surface area contributed by atoms with Crippen LogP contribution in [0.1, 0.15) is 54.6 Å². The van der Waals surface area contributed by atoms with Crippen molar-refractivity contribution in [1.29, 1.82) is 0 Å². The van der Waals surface area contributed by atoms with Crippen LogP contribution < -0.4 is 20.1 Å². The summed E-state index contributed by atoms with van der Waals surface area (Å²) in [7, 11) is 0. The van der Waals surface area contributed by atoms with E-state index in [1.54, 1.807) is 6.07 Å². The lowest BCUT2D eigenvalue weighted by atomic mass is 10.1. The standard InChI is InChI=1S/C20H24N4O3/c25-20(24-15-5-3-1-2-4-6-15)16-10-19(23-12-22-16)21-11-14-7-8-17-18(9-14)27-13-26-17/h7-10,12,15H,1-6,11,13H2,(H,24,25)(H,21,22,23). The average Bonchev–Trinajstić information content (AvgIpc) is 3.02. The number of anilines is 1. The number of carbonyl (C=O) groups is 1. The molecule has 1 aromatic carbocycles. The third kappa shape index (κ3) is 4.48. The number of carbonyl (C=O) groups excluding carboxylic acids is 1. The summed E-state index contributed by atoms with van der Waals surface area (Å²) in [5.74, 6) is 2.00. The first-order chi connectivity index (χ1) is 13.3. The van der Waals surface area contributed by atoms with Crippen molar-refractivity contribution in [1.82, 2.24) is 15.3 Å². The molecule has 0 bridgehead atoms. The Morgan fingerprint density at radius 3 is 2.70 bits per heavy atom. The summed E-state index contributed by atoms with van der Waals surface area (Å²) in [6.45, 7) is 0.828. The molecular formula is C20H24N4O3. The molecule has 0 saturated heterocycles. The van der Waals surface area contributed by atoms with E-state index in [-0.39, 0.29) is 18.7 Å². The third-order valence-corrected chi connectivity index (χ3v) is 5.00. The average molecular weight is 368 g/mol. The van der Waals surface area contributed by atoms with Gasteiger partial charge in [0.1, 0.15) is 17.8 Å². The molecule has 7 nitrogen and oxygen atoms in total. The Hall–Kier alpha value is -2.83. The van der Waals surface area contributed by atoms with Crippen LogP contribution in [0.25, 0.3) is 0 Å². The van der Waals surface area contributed by atoms with Gasteiger partial charge in [0.15, 0.2) is 11.5 Å². The molecule has 1 aliphatic carbocycles. The Morgan fingerprint density at radius 2 is 1.85 bits per heavy atom. The molecule has 2 heterocycles. The first-order valence-corrected chi connectivity index (χ1v) is 9.53. The molecule has 2 aliphatic rings. The SMILES string of the molecule is O=C(NC1CCCCCC1)c1cc(NCc2ccc3c(c2)OCO3)ncn1. The van der Waals surface area contributed by atoms with E-state index < -0.39 is 0 Å². The molecule has 1 saturated carbocycles. The van der Waals surface area contributed by atoms with Crippen LogP contribution in [-0.2, 0) is 6.54 Å². The van der Waals surface area contributed by atoms with E-state index in [1.807, 2.05) is 18.2 Å². The largest absolute Gasteiger partial charge is 0.454 e. The van der Waals surface area contributed by atoms with Crippen molar-refractivity contribution in [3.8, 4) is 11.5 Å². The van der Waals surface area contributed by atoms with Gasteiger partial charge in [-0.3, -0.25) is 4.79 Å².